The average molecular weight is 405 g/mol. The summed E-state index contributed by atoms with van der Waals surface area (Å²) in [5.41, 5.74) is 1.81. The van der Waals surface area contributed by atoms with Crippen molar-refractivity contribution in [2.75, 3.05) is 31.2 Å². The van der Waals surface area contributed by atoms with E-state index in [-0.39, 0.29) is 5.91 Å². The van der Waals surface area contributed by atoms with E-state index in [1.54, 1.807) is 6.07 Å². The summed E-state index contributed by atoms with van der Waals surface area (Å²) in [5, 5.41) is 4.10. The van der Waals surface area contributed by atoms with E-state index in [0.717, 1.165) is 37.3 Å². The number of anilines is 1. The Labute approximate surface area is 167 Å². The molecule has 4 rings (SSSR count). The fourth-order valence-corrected chi connectivity index (χ4v) is 3.84. The molecule has 0 unspecified atom stereocenters. The second-order valence-electron chi connectivity index (χ2n) is 6.66. The van der Waals surface area contributed by atoms with Crippen LogP contribution in [0.15, 0.2) is 35.5 Å². The summed E-state index contributed by atoms with van der Waals surface area (Å²) in [6, 6.07) is 9.85. The first-order chi connectivity index (χ1) is 13.2. The van der Waals surface area contributed by atoms with Gasteiger partial charge in [-0.3, -0.25) is 4.79 Å². The van der Waals surface area contributed by atoms with Crippen LogP contribution in [0.2, 0.25) is 5.15 Å². The molecule has 1 saturated heterocycles. The molecule has 1 aromatic heterocycles. The predicted octanol–water partition coefficient (Wildman–Crippen LogP) is 3.15. The molecular weight excluding hydrogens is 384 g/mol. The van der Waals surface area contributed by atoms with Gasteiger partial charge in [0, 0.05) is 36.5 Å². The lowest BCUT2D eigenvalue weighted by atomic mass is 10.1. The molecule has 2 fully saturated rings. The number of thioether (sulfide) groups is 1. The Morgan fingerprint density at radius 1 is 1.22 bits per heavy atom. The van der Waals surface area contributed by atoms with Gasteiger partial charge in [0.2, 0.25) is 0 Å². The van der Waals surface area contributed by atoms with E-state index in [4.69, 9.17) is 16.3 Å². The summed E-state index contributed by atoms with van der Waals surface area (Å²) in [6.45, 7) is 3.01. The second-order valence-corrected chi connectivity index (χ2v) is 7.99. The van der Waals surface area contributed by atoms with Gasteiger partial charge < -0.3 is 15.0 Å². The highest BCUT2D eigenvalue weighted by Crippen LogP contribution is 2.25. The fraction of sp³-hybridized carbons (Fsp3) is 0.421. The standard InChI is InChI=1S/C19H21ClN4O2S/c20-16-11-17(24-7-9-26-10-8-24)23-19(22-16)27-12-13-1-3-14(4-2-13)18(25)21-15-5-6-15/h1-4,11,15H,5-10,12H2,(H,21,25). The van der Waals surface area contributed by atoms with Gasteiger partial charge in [0.15, 0.2) is 5.16 Å². The minimum absolute atomic E-state index is 0.00466. The molecule has 2 heterocycles. The van der Waals surface area contributed by atoms with Crippen molar-refractivity contribution in [3.05, 3.63) is 46.6 Å². The summed E-state index contributed by atoms with van der Waals surface area (Å²) in [6.07, 6.45) is 2.18. The number of morpholine rings is 1. The van der Waals surface area contributed by atoms with Crippen molar-refractivity contribution in [3.8, 4) is 0 Å². The van der Waals surface area contributed by atoms with Crippen LogP contribution in [0, 0.1) is 0 Å². The molecule has 8 heteroatoms. The first-order valence-corrected chi connectivity index (χ1v) is 10.4. The van der Waals surface area contributed by atoms with Crippen LogP contribution >= 0.6 is 23.4 Å². The Kier molecular flexibility index (Phi) is 5.80. The van der Waals surface area contributed by atoms with Gasteiger partial charge >= 0.3 is 0 Å². The van der Waals surface area contributed by atoms with Crippen LogP contribution in [0.5, 0.6) is 0 Å². The summed E-state index contributed by atoms with van der Waals surface area (Å²) in [4.78, 5) is 23.2. The van der Waals surface area contributed by atoms with Gasteiger partial charge in [-0.25, -0.2) is 9.97 Å². The molecule has 1 aliphatic carbocycles. The maximum atomic E-state index is 12.0. The number of hydrogen-bond acceptors (Lipinski definition) is 6. The fourth-order valence-electron chi connectivity index (χ4n) is 2.80. The lowest BCUT2D eigenvalue weighted by Gasteiger charge is -2.27. The summed E-state index contributed by atoms with van der Waals surface area (Å²) >= 11 is 7.72. The molecule has 1 amide bonds. The van der Waals surface area contributed by atoms with Crippen molar-refractivity contribution in [1.29, 1.82) is 0 Å². The molecule has 0 atom stereocenters. The lowest BCUT2D eigenvalue weighted by Crippen LogP contribution is -2.36. The minimum Gasteiger partial charge on any atom is -0.378 e. The van der Waals surface area contributed by atoms with Crippen LogP contribution < -0.4 is 10.2 Å². The number of nitrogens with one attached hydrogen (secondary N) is 1. The number of amides is 1. The van der Waals surface area contributed by atoms with Gasteiger partial charge in [-0.1, -0.05) is 35.5 Å². The number of ether oxygens (including phenoxy) is 1. The average Bonchev–Trinajstić information content (AvgIpc) is 3.51. The number of rotatable bonds is 6. The van der Waals surface area contributed by atoms with Gasteiger partial charge in [0.25, 0.3) is 5.91 Å². The number of hydrogen-bond donors (Lipinski definition) is 1. The van der Waals surface area contributed by atoms with E-state index in [1.165, 1.54) is 11.8 Å². The highest BCUT2D eigenvalue weighted by molar-refractivity contribution is 7.98. The number of aromatic nitrogens is 2. The zero-order chi connectivity index (χ0) is 18.6. The maximum absolute atomic E-state index is 12.0. The van der Waals surface area contributed by atoms with Gasteiger partial charge in [-0.2, -0.15) is 0 Å². The van der Waals surface area contributed by atoms with Crippen LogP contribution in [0.3, 0.4) is 0 Å². The molecule has 1 aromatic carbocycles. The number of benzene rings is 1. The van der Waals surface area contributed by atoms with Crippen LogP contribution in [-0.2, 0) is 10.5 Å². The Bertz CT molecular complexity index is 808. The van der Waals surface area contributed by atoms with E-state index in [0.29, 0.717) is 40.9 Å². The monoisotopic (exact) mass is 404 g/mol. The molecule has 2 aromatic rings. The van der Waals surface area contributed by atoms with Crippen LogP contribution in [0.25, 0.3) is 0 Å². The summed E-state index contributed by atoms with van der Waals surface area (Å²) < 4.78 is 5.39. The summed E-state index contributed by atoms with van der Waals surface area (Å²) in [5.74, 6) is 1.56. The Balaban J connectivity index is 1.37. The molecule has 142 valence electrons. The zero-order valence-corrected chi connectivity index (χ0v) is 16.4. The van der Waals surface area contributed by atoms with Crippen LogP contribution in [0.1, 0.15) is 28.8 Å². The van der Waals surface area contributed by atoms with Crippen molar-refractivity contribution in [3.63, 3.8) is 0 Å². The van der Waals surface area contributed by atoms with Crippen molar-refractivity contribution in [1.82, 2.24) is 15.3 Å². The molecule has 27 heavy (non-hydrogen) atoms. The van der Waals surface area contributed by atoms with E-state index in [2.05, 4.69) is 20.2 Å². The predicted molar refractivity (Wildman–Crippen MR) is 107 cm³/mol. The molecule has 1 saturated carbocycles. The van der Waals surface area contributed by atoms with Crippen molar-refractivity contribution >= 4 is 35.1 Å². The SMILES string of the molecule is O=C(NC1CC1)c1ccc(CSc2nc(Cl)cc(N3CCOCC3)n2)cc1. The Morgan fingerprint density at radius 3 is 2.67 bits per heavy atom. The smallest absolute Gasteiger partial charge is 0.251 e. The van der Waals surface area contributed by atoms with Crippen molar-refractivity contribution in [2.45, 2.75) is 29.8 Å². The first-order valence-electron chi connectivity index (χ1n) is 9.07. The highest BCUT2D eigenvalue weighted by Gasteiger charge is 2.23. The molecule has 0 bridgehead atoms. The number of carbonyl (C=O) groups is 1. The third kappa shape index (κ3) is 5.12. The Morgan fingerprint density at radius 2 is 1.96 bits per heavy atom. The molecule has 0 spiro atoms. The largest absolute Gasteiger partial charge is 0.378 e. The van der Waals surface area contributed by atoms with Gasteiger partial charge in [0.1, 0.15) is 11.0 Å². The molecule has 1 N–H and O–H groups in total. The second kappa shape index (κ2) is 8.46. The van der Waals surface area contributed by atoms with E-state index in [9.17, 15) is 4.79 Å². The highest BCUT2D eigenvalue weighted by atomic mass is 35.5. The van der Waals surface area contributed by atoms with Crippen molar-refractivity contribution in [2.24, 2.45) is 0 Å². The quantitative estimate of drug-likeness (QED) is 0.453. The van der Waals surface area contributed by atoms with Crippen molar-refractivity contribution < 1.29 is 9.53 Å². The van der Waals surface area contributed by atoms with Gasteiger partial charge in [-0.15, -0.1) is 0 Å². The summed E-state index contributed by atoms with van der Waals surface area (Å²) in [7, 11) is 0. The Hall–Kier alpha value is -1.83. The van der Waals surface area contributed by atoms with Crippen LogP contribution in [0.4, 0.5) is 5.82 Å². The van der Waals surface area contributed by atoms with E-state index in [1.807, 2.05) is 24.3 Å². The molecule has 6 nitrogen and oxygen atoms in total. The number of nitrogens with zero attached hydrogens (tertiary/aromatic N) is 3. The van der Waals surface area contributed by atoms with Gasteiger partial charge in [0.05, 0.1) is 13.2 Å². The third-order valence-corrected chi connectivity index (χ3v) is 5.60. The minimum atomic E-state index is 0.00466. The molecule has 0 radical (unpaired) electrons. The molecule has 1 aliphatic heterocycles. The molecular formula is C19H21ClN4O2S. The number of halogens is 1. The first kappa shape index (κ1) is 18.5. The topological polar surface area (TPSA) is 67.4 Å². The van der Waals surface area contributed by atoms with Gasteiger partial charge in [-0.05, 0) is 30.5 Å². The normalized spacial score (nSPS) is 17.0. The van der Waals surface area contributed by atoms with Crippen LogP contribution in [-0.4, -0.2) is 48.2 Å². The lowest BCUT2D eigenvalue weighted by molar-refractivity contribution is 0.0951. The third-order valence-electron chi connectivity index (χ3n) is 4.49. The number of carbonyl (C=O) groups excluding carboxylic acids is 1. The molecule has 2 aliphatic rings. The van der Waals surface area contributed by atoms with E-state index < -0.39 is 0 Å². The zero-order valence-electron chi connectivity index (χ0n) is 14.9. The maximum Gasteiger partial charge on any atom is 0.251 e. The van der Waals surface area contributed by atoms with E-state index >= 15 is 0 Å².